The van der Waals surface area contributed by atoms with Crippen LogP contribution >= 0.6 is 0 Å². The largest absolute Gasteiger partial charge is 0.497 e. The predicted molar refractivity (Wildman–Crippen MR) is 114 cm³/mol. The minimum atomic E-state index is -0.0244. The first-order chi connectivity index (χ1) is 14.6. The number of methoxy groups -OCH3 is 1. The zero-order chi connectivity index (χ0) is 20.7. The lowest BCUT2D eigenvalue weighted by Gasteiger charge is -2.31. The fraction of sp³-hybridized carbons (Fsp3) is 0.458. The Morgan fingerprint density at radius 3 is 2.63 bits per heavy atom. The Morgan fingerprint density at radius 2 is 1.83 bits per heavy atom. The Bertz CT molecular complexity index is 941. The molecule has 2 aromatic carbocycles. The average molecular weight is 408 g/mol. The molecule has 0 bridgehead atoms. The summed E-state index contributed by atoms with van der Waals surface area (Å²) in [4.78, 5) is 17.6. The molecule has 30 heavy (non-hydrogen) atoms. The monoisotopic (exact) mass is 408 g/mol. The van der Waals surface area contributed by atoms with E-state index < -0.39 is 0 Å². The third kappa shape index (κ3) is 3.44. The maximum Gasteiger partial charge on any atom is 0.257 e. The van der Waals surface area contributed by atoms with Gasteiger partial charge in [0.2, 0.25) is 0 Å². The fourth-order valence-corrected chi connectivity index (χ4v) is 4.90. The fourth-order valence-electron chi connectivity index (χ4n) is 4.90. The Kier molecular flexibility index (Phi) is 5.13. The summed E-state index contributed by atoms with van der Waals surface area (Å²) < 4.78 is 17.4. The molecule has 158 valence electrons. The molecule has 0 aliphatic carbocycles. The molecule has 2 saturated heterocycles. The summed E-state index contributed by atoms with van der Waals surface area (Å²) in [6.45, 7) is 3.34. The molecule has 3 aliphatic heterocycles. The lowest BCUT2D eigenvalue weighted by atomic mass is 10.0. The van der Waals surface area contributed by atoms with Crippen molar-refractivity contribution in [3.8, 4) is 22.6 Å². The first kappa shape index (κ1) is 19.4. The number of carbonyl (C=O) groups excluding carboxylic acids is 1. The summed E-state index contributed by atoms with van der Waals surface area (Å²) in [7, 11) is 3.57. The normalized spacial score (nSPS) is 24.7. The molecule has 1 amide bonds. The second kappa shape index (κ2) is 7.93. The quantitative estimate of drug-likeness (QED) is 0.781. The number of ether oxygens (including phenoxy) is 3. The van der Waals surface area contributed by atoms with Crippen LogP contribution in [0.1, 0.15) is 23.2 Å². The van der Waals surface area contributed by atoms with E-state index in [1.54, 1.807) is 7.11 Å². The SMILES string of the molecule is COc1cccc(-c2ccc3c(c2)O[C@H]2CN(C4CCOCC4)C[C@H]2N(C)C3=O)c1. The molecule has 6 nitrogen and oxygen atoms in total. The number of amides is 1. The van der Waals surface area contributed by atoms with Crippen molar-refractivity contribution in [2.45, 2.75) is 31.0 Å². The number of hydrogen-bond donors (Lipinski definition) is 0. The molecule has 0 radical (unpaired) electrons. The highest BCUT2D eigenvalue weighted by Gasteiger charge is 2.44. The van der Waals surface area contributed by atoms with E-state index in [9.17, 15) is 4.79 Å². The molecule has 2 atom stereocenters. The van der Waals surface area contributed by atoms with Gasteiger partial charge in [0.15, 0.2) is 0 Å². The number of hydrogen-bond acceptors (Lipinski definition) is 5. The van der Waals surface area contributed by atoms with Crippen LogP contribution in [0.25, 0.3) is 11.1 Å². The maximum atomic E-state index is 13.2. The molecule has 0 aromatic heterocycles. The third-order valence-corrected chi connectivity index (χ3v) is 6.68. The van der Waals surface area contributed by atoms with E-state index in [0.29, 0.717) is 17.4 Å². The van der Waals surface area contributed by atoms with Gasteiger partial charge >= 0.3 is 0 Å². The Hall–Kier alpha value is -2.57. The highest BCUT2D eigenvalue weighted by Crippen LogP contribution is 2.35. The highest BCUT2D eigenvalue weighted by atomic mass is 16.5. The molecule has 0 saturated carbocycles. The first-order valence-electron chi connectivity index (χ1n) is 10.7. The highest BCUT2D eigenvalue weighted by molar-refractivity contribution is 5.98. The number of likely N-dealkylation sites (tertiary alicyclic amines) is 1. The van der Waals surface area contributed by atoms with Crippen molar-refractivity contribution in [2.24, 2.45) is 0 Å². The predicted octanol–water partition coefficient (Wildman–Crippen LogP) is 3.06. The molecule has 0 spiro atoms. The standard InChI is InChI=1S/C24H28N2O4/c1-25-21-14-26(18-8-10-29-11-9-18)15-23(21)30-22-13-17(6-7-20(22)24(25)27)16-4-3-5-19(12-16)28-2/h3-7,12-13,18,21,23H,8-11,14-15H2,1-2H3/t21-,23+/m1/s1. The molecule has 6 heteroatoms. The van der Waals surface area contributed by atoms with Gasteiger partial charge in [-0.15, -0.1) is 0 Å². The molecular formula is C24H28N2O4. The van der Waals surface area contributed by atoms with Crippen molar-refractivity contribution >= 4 is 5.91 Å². The van der Waals surface area contributed by atoms with Gasteiger partial charge in [-0.2, -0.15) is 0 Å². The van der Waals surface area contributed by atoms with Crippen LogP contribution < -0.4 is 9.47 Å². The summed E-state index contributed by atoms with van der Waals surface area (Å²) in [5.74, 6) is 1.51. The van der Waals surface area contributed by atoms with Crippen LogP contribution in [0.4, 0.5) is 0 Å². The third-order valence-electron chi connectivity index (χ3n) is 6.68. The van der Waals surface area contributed by atoms with Crippen molar-refractivity contribution in [3.63, 3.8) is 0 Å². The van der Waals surface area contributed by atoms with Gasteiger partial charge in [-0.05, 0) is 48.2 Å². The van der Waals surface area contributed by atoms with E-state index in [1.807, 2.05) is 54.4 Å². The van der Waals surface area contributed by atoms with Gasteiger partial charge in [0.05, 0.1) is 18.7 Å². The van der Waals surface area contributed by atoms with Crippen molar-refractivity contribution in [2.75, 3.05) is 40.5 Å². The van der Waals surface area contributed by atoms with Crippen LogP contribution in [0.5, 0.6) is 11.5 Å². The maximum absolute atomic E-state index is 13.2. The zero-order valence-electron chi connectivity index (χ0n) is 17.5. The number of carbonyl (C=O) groups is 1. The van der Waals surface area contributed by atoms with E-state index in [4.69, 9.17) is 14.2 Å². The lowest BCUT2D eigenvalue weighted by molar-refractivity contribution is 0.0379. The number of fused-ring (bicyclic) bond motifs is 2. The molecule has 0 N–H and O–H groups in total. The number of likely N-dealkylation sites (N-methyl/N-ethyl adjacent to an activating group) is 1. The summed E-state index contributed by atoms with van der Waals surface area (Å²) >= 11 is 0. The molecule has 2 fully saturated rings. The van der Waals surface area contributed by atoms with Crippen LogP contribution in [0.3, 0.4) is 0 Å². The summed E-state index contributed by atoms with van der Waals surface area (Å²) in [5.41, 5.74) is 2.69. The van der Waals surface area contributed by atoms with Crippen LogP contribution in [0.15, 0.2) is 42.5 Å². The van der Waals surface area contributed by atoms with Crippen LogP contribution in [-0.4, -0.2) is 74.4 Å². The van der Waals surface area contributed by atoms with Crippen LogP contribution in [-0.2, 0) is 4.74 Å². The number of nitrogens with zero attached hydrogens (tertiary/aromatic N) is 2. The smallest absolute Gasteiger partial charge is 0.257 e. The minimum absolute atomic E-state index is 0.0244. The van der Waals surface area contributed by atoms with Crippen molar-refractivity contribution in [3.05, 3.63) is 48.0 Å². The molecule has 5 rings (SSSR count). The second-order valence-electron chi connectivity index (χ2n) is 8.38. The summed E-state index contributed by atoms with van der Waals surface area (Å²) in [6, 6.07) is 14.4. The number of rotatable bonds is 3. The summed E-state index contributed by atoms with van der Waals surface area (Å²) in [6.07, 6.45) is 2.07. The van der Waals surface area contributed by atoms with Crippen LogP contribution in [0.2, 0.25) is 0 Å². The van der Waals surface area contributed by atoms with E-state index in [2.05, 4.69) is 4.90 Å². The molecular weight excluding hydrogens is 380 g/mol. The zero-order valence-corrected chi connectivity index (χ0v) is 17.5. The van der Waals surface area contributed by atoms with E-state index in [0.717, 1.165) is 56.0 Å². The van der Waals surface area contributed by atoms with Crippen molar-refractivity contribution in [1.29, 1.82) is 0 Å². The van der Waals surface area contributed by atoms with Crippen LogP contribution in [0, 0.1) is 0 Å². The molecule has 2 aromatic rings. The first-order valence-corrected chi connectivity index (χ1v) is 10.7. The van der Waals surface area contributed by atoms with Gasteiger partial charge < -0.3 is 19.1 Å². The van der Waals surface area contributed by atoms with Crippen molar-refractivity contribution < 1.29 is 19.0 Å². The molecule has 3 heterocycles. The lowest BCUT2D eigenvalue weighted by Crippen LogP contribution is -2.44. The van der Waals surface area contributed by atoms with Crippen molar-refractivity contribution in [1.82, 2.24) is 9.80 Å². The van der Waals surface area contributed by atoms with Gasteiger partial charge in [0, 0.05) is 39.4 Å². The molecule has 0 unspecified atom stereocenters. The Morgan fingerprint density at radius 1 is 1.03 bits per heavy atom. The van der Waals surface area contributed by atoms with Gasteiger partial charge in [0.1, 0.15) is 17.6 Å². The van der Waals surface area contributed by atoms with E-state index >= 15 is 0 Å². The molecule has 3 aliphatic rings. The van der Waals surface area contributed by atoms with Gasteiger partial charge in [0.25, 0.3) is 5.91 Å². The topological polar surface area (TPSA) is 51.2 Å². The Balaban J connectivity index is 1.44. The van der Waals surface area contributed by atoms with E-state index in [1.165, 1.54) is 0 Å². The van der Waals surface area contributed by atoms with Gasteiger partial charge in [-0.3, -0.25) is 9.69 Å². The van der Waals surface area contributed by atoms with Gasteiger partial charge in [-0.25, -0.2) is 0 Å². The number of benzene rings is 2. The average Bonchev–Trinajstić information content (AvgIpc) is 3.19. The van der Waals surface area contributed by atoms with E-state index in [-0.39, 0.29) is 18.1 Å². The summed E-state index contributed by atoms with van der Waals surface area (Å²) in [5, 5.41) is 0. The minimum Gasteiger partial charge on any atom is -0.497 e. The second-order valence-corrected chi connectivity index (χ2v) is 8.38. The van der Waals surface area contributed by atoms with Gasteiger partial charge in [-0.1, -0.05) is 18.2 Å². The Labute approximate surface area is 177 Å².